The van der Waals surface area contributed by atoms with E-state index in [1.807, 2.05) is 67.6 Å². The van der Waals surface area contributed by atoms with E-state index in [4.69, 9.17) is 0 Å². The minimum atomic E-state index is -0.482. The van der Waals surface area contributed by atoms with E-state index >= 15 is 0 Å². The third-order valence-corrected chi connectivity index (χ3v) is 5.58. The van der Waals surface area contributed by atoms with Gasteiger partial charge < -0.3 is 10.2 Å². The maximum atomic E-state index is 12.9. The van der Waals surface area contributed by atoms with Crippen LogP contribution in [-0.4, -0.2) is 41.6 Å². The zero-order valence-electron chi connectivity index (χ0n) is 16.8. The number of carbonyl (C=O) groups is 2. The molecular weight excluding hydrogens is 368 g/mol. The summed E-state index contributed by atoms with van der Waals surface area (Å²) in [7, 11) is 0. The fourth-order valence-electron chi connectivity index (χ4n) is 2.85. The minimum Gasteiger partial charge on any atom is -0.354 e. The van der Waals surface area contributed by atoms with Crippen LogP contribution in [0.25, 0.3) is 0 Å². The molecule has 1 N–H and O–H groups in total. The number of hydrogen-bond acceptors (Lipinski definition) is 3. The summed E-state index contributed by atoms with van der Waals surface area (Å²) in [5.41, 5.74) is 1.16. The van der Waals surface area contributed by atoms with Crippen LogP contribution in [0, 0.1) is 0 Å². The number of carbonyl (C=O) groups excluding carboxylic acids is 2. The Labute approximate surface area is 172 Å². The van der Waals surface area contributed by atoms with Crippen molar-refractivity contribution in [3.05, 3.63) is 66.2 Å². The van der Waals surface area contributed by atoms with Gasteiger partial charge in [0, 0.05) is 18.0 Å². The van der Waals surface area contributed by atoms with Crippen LogP contribution in [0.15, 0.2) is 65.6 Å². The van der Waals surface area contributed by atoms with Gasteiger partial charge in [0.05, 0.1) is 5.75 Å². The van der Waals surface area contributed by atoms with E-state index in [0.29, 0.717) is 18.8 Å². The molecule has 150 valence electrons. The molecule has 0 radical (unpaired) electrons. The van der Waals surface area contributed by atoms with Gasteiger partial charge in [-0.3, -0.25) is 9.59 Å². The van der Waals surface area contributed by atoms with E-state index < -0.39 is 6.04 Å². The quantitative estimate of drug-likeness (QED) is 0.457. The van der Waals surface area contributed by atoms with Crippen molar-refractivity contribution in [3.8, 4) is 0 Å². The van der Waals surface area contributed by atoms with Gasteiger partial charge in [-0.1, -0.05) is 61.9 Å². The van der Waals surface area contributed by atoms with Gasteiger partial charge in [0.25, 0.3) is 0 Å². The van der Waals surface area contributed by atoms with Crippen molar-refractivity contribution < 1.29 is 9.59 Å². The van der Waals surface area contributed by atoms with Gasteiger partial charge in [0.2, 0.25) is 11.8 Å². The van der Waals surface area contributed by atoms with Crippen LogP contribution < -0.4 is 5.32 Å². The number of benzene rings is 2. The first kappa shape index (κ1) is 22.0. The average Bonchev–Trinajstić information content (AvgIpc) is 2.73. The molecule has 0 fully saturated rings. The van der Waals surface area contributed by atoms with Crippen molar-refractivity contribution in [1.29, 1.82) is 0 Å². The molecule has 0 aliphatic carbocycles. The van der Waals surface area contributed by atoms with E-state index in [-0.39, 0.29) is 11.8 Å². The molecule has 5 heteroatoms. The first-order chi connectivity index (χ1) is 13.6. The molecule has 0 aliphatic heterocycles. The Hall–Kier alpha value is -2.27. The molecule has 0 saturated carbocycles. The zero-order chi connectivity index (χ0) is 20.2. The van der Waals surface area contributed by atoms with Gasteiger partial charge in [0.15, 0.2) is 0 Å². The highest BCUT2D eigenvalue weighted by Gasteiger charge is 2.25. The predicted molar refractivity (Wildman–Crippen MR) is 116 cm³/mol. The Morgan fingerprint density at radius 1 is 1.04 bits per heavy atom. The molecule has 2 amide bonds. The summed E-state index contributed by atoms with van der Waals surface area (Å²) in [6.45, 7) is 5.09. The van der Waals surface area contributed by atoms with Gasteiger partial charge in [0.1, 0.15) is 6.04 Å². The van der Waals surface area contributed by atoms with Gasteiger partial charge >= 0.3 is 0 Å². The second-order valence-corrected chi connectivity index (χ2v) is 7.79. The molecule has 2 aromatic rings. The van der Waals surface area contributed by atoms with E-state index in [1.165, 1.54) is 11.8 Å². The summed E-state index contributed by atoms with van der Waals surface area (Å²) in [6.07, 6.45) is 2.70. The summed E-state index contributed by atoms with van der Waals surface area (Å²) < 4.78 is 0. The number of amides is 2. The van der Waals surface area contributed by atoms with Gasteiger partial charge in [-0.25, -0.2) is 0 Å². The monoisotopic (exact) mass is 398 g/mol. The van der Waals surface area contributed by atoms with Crippen LogP contribution in [0.4, 0.5) is 0 Å². The molecule has 2 rings (SSSR count). The highest BCUT2D eigenvalue weighted by molar-refractivity contribution is 8.00. The lowest BCUT2D eigenvalue weighted by molar-refractivity contribution is -0.137. The number of rotatable bonds is 11. The van der Waals surface area contributed by atoms with E-state index in [1.54, 1.807) is 4.90 Å². The summed E-state index contributed by atoms with van der Waals surface area (Å²) in [6, 6.07) is 19.5. The van der Waals surface area contributed by atoms with E-state index in [9.17, 15) is 9.59 Å². The molecular formula is C23H30N2O2S. The van der Waals surface area contributed by atoms with Crippen molar-refractivity contribution in [1.82, 2.24) is 10.2 Å². The molecule has 2 aromatic carbocycles. The lowest BCUT2D eigenvalue weighted by Gasteiger charge is -2.28. The van der Waals surface area contributed by atoms with E-state index in [2.05, 4.69) is 12.2 Å². The van der Waals surface area contributed by atoms with Crippen molar-refractivity contribution in [2.24, 2.45) is 0 Å². The van der Waals surface area contributed by atoms with Gasteiger partial charge in [-0.05, 0) is 37.5 Å². The molecule has 0 bridgehead atoms. The Bertz CT molecular complexity index is 722. The molecule has 0 aliphatic rings. The van der Waals surface area contributed by atoms with Crippen molar-refractivity contribution >= 4 is 23.6 Å². The molecule has 0 aromatic heterocycles. The summed E-state index contributed by atoms with van der Waals surface area (Å²) in [5.74, 6) is 0.230. The molecule has 4 nitrogen and oxygen atoms in total. The third kappa shape index (κ3) is 7.39. The zero-order valence-corrected chi connectivity index (χ0v) is 17.6. The Morgan fingerprint density at radius 2 is 1.68 bits per heavy atom. The van der Waals surface area contributed by atoms with Gasteiger partial charge in [-0.2, -0.15) is 0 Å². The number of hydrogen-bond donors (Lipinski definition) is 1. The van der Waals surface area contributed by atoms with Crippen LogP contribution in [0.2, 0.25) is 0 Å². The SMILES string of the molecule is CCCCNC(=O)[C@H](C)N(CCc1ccccc1)C(=O)CSc1ccccc1. The number of nitrogens with zero attached hydrogens (tertiary/aromatic N) is 1. The van der Waals surface area contributed by atoms with Crippen LogP contribution in [0.5, 0.6) is 0 Å². The smallest absolute Gasteiger partial charge is 0.242 e. The normalized spacial score (nSPS) is 11.6. The van der Waals surface area contributed by atoms with Crippen LogP contribution >= 0.6 is 11.8 Å². The van der Waals surface area contributed by atoms with Crippen LogP contribution in [-0.2, 0) is 16.0 Å². The maximum absolute atomic E-state index is 12.9. The first-order valence-corrected chi connectivity index (χ1v) is 10.9. The second-order valence-electron chi connectivity index (χ2n) is 6.75. The maximum Gasteiger partial charge on any atom is 0.242 e. The summed E-state index contributed by atoms with van der Waals surface area (Å²) in [4.78, 5) is 28.2. The predicted octanol–water partition coefficient (Wildman–Crippen LogP) is 4.15. The summed E-state index contributed by atoms with van der Waals surface area (Å²) >= 11 is 1.51. The number of nitrogens with one attached hydrogen (secondary N) is 1. The molecule has 0 heterocycles. The third-order valence-electron chi connectivity index (χ3n) is 4.59. The lowest BCUT2D eigenvalue weighted by Crippen LogP contribution is -2.49. The Balaban J connectivity index is 2.00. The summed E-state index contributed by atoms with van der Waals surface area (Å²) in [5, 5.41) is 2.95. The van der Waals surface area contributed by atoms with Gasteiger partial charge in [-0.15, -0.1) is 11.8 Å². The van der Waals surface area contributed by atoms with Crippen molar-refractivity contribution in [2.45, 2.75) is 44.0 Å². The van der Waals surface area contributed by atoms with E-state index in [0.717, 1.165) is 29.7 Å². The minimum absolute atomic E-state index is 0.0112. The Kier molecular flexibility index (Phi) is 9.63. The second kappa shape index (κ2) is 12.2. The standard InChI is InChI=1S/C23H30N2O2S/c1-3-4-16-24-23(27)19(2)25(17-15-20-11-7-5-8-12-20)22(26)18-28-21-13-9-6-10-14-21/h5-14,19H,3-4,15-18H2,1-2H3,(H,24,27)/t19-/m0/s1. The van der Waals surface area contributed by atoms with Crippen molar-refractivity contribution in [2.75, 3.05) is 18.8 Å². The first-order valence-electron chi connectivity index (χ1n) is 9.90. The molecule has 0 saturated heterocycles. The van der Waals surface area contributed by atoms with Crippen LogP contribution in [0.3, 0.4) is 0 Å². The molecule has 1 atom stereocenters. The lowest BCUT2D eigenvalue weighted by atomic mass is 10.1. The molecule has 0 spiro atoms. The highest BCUT2D eigenvalue weighted by Crippen LogP contribution is 2.18. The average molecular weight is 399 g/mol. The fraction of sp³-hybridized carbons (Fsp3) is 0.391. The molecule has 28 heavy (non-hydrogen) atoms. The van der Waals surface area contributed by atoms with Crippen molar-refractivity contribution in [3.63, 3.8) is 0 Å². The largest absolute Gasteiger partial charge is 0.354 e. The topological polar surface area (TPSA) is 49.4 Å². The number of unbranched alkanes of at least 4 members (excludes halogenated alkanes) is 1. The van der Waals surface area contributed by atoms with Crippen LogP contribution in [0.1, 0.15) is 32.3 Å². The Morgan fingerprint density at radius 3 is 2.32 bits per heavy atom. The number of thioether (sulfide) groups is 1. The fourth-order valence-corrected chi connectivity index (χ4v) is 3.66. The highest BCUT2D eigenvalue weighted by atomic mass is 32.2. The molecule has 0 unspecified atom stereocenters.